The van der Waals surface area contributed by atoms with Gasteiger partial charge in [0.2, 0.25) is 5.91 Å². The van der Waals surface area contributed by atoms with Crippen LogP contribution in [0.4, 0.5) is 0 Å². The van der Waals surface area contributed by atoms with Gasteiger partial charge in [-0.15, -0.1) is 0 Å². The average molecular weight is 211 g/mol. The second-order valence-corrected chi connectivity index (χ2v) is 4.90. The quantitative estimate of drug-likeness (QED) is 0.693. The van der Waals surface area contributed by atoms with E-state index < -0.39 is 6.04 Å². The van der Waals surface area contributed by atoms with Gasteiger partial charge >= 0.3 is 0 Å². The van der Waals surface area contributed by atoms with Gasteiger partial charge in [-0.05, 0) is 31.7 Å². The van der Waals surface area contributed by atoms with Crippen LogP contribution in [0, 0.1) is 5.92 Å². The van der Waals surface area contributed by atoms with Gasteiger partial charge in [0.1, 0.15) is 0 Å². The number of nitrogens with two attached hydrogens (primary N) is 2. The third kappa shape index (κ3) is 2.32. The zero-order valence-electron chi connectivity index (χ0n) is 9.19. The molecule has 4 heteroatoms. The molecule has 15 heavy (non-hydrogen) atoms. The minimum Gasteiger partial charge on any atom is -0.368 e. The van der Waals surface area contributed by atoms with E-state index in [-0.39, 0.29) is 5.91 Å². The van der Waals surface area contributed by atoms with Gasteiger partial charge in [0.15, 0.2) is 0 Å². The Morgan fingerprint density at radius 1 is 1.33 bits per heavy atom. The minimum atomic E-state index is -0.495. The van der Waals surface area contributed by atoms with E-state index in [0.29, 0.717) is 12.6 Å². The molecule has 2 rings (SSSR count). The largest absolute Gasteiger partial charge is 0.368 e. The molecule has 4 N–H and O–H groups in total. The van der Waals surface area contributed by atoms with E-state index in [0.717, 1.165) is 12.5 Å². The Morgan fingerprint density at radius 2 is 2.07 bits per heavy atom. The molecule has 86 valence electrons. The Morgan fingerprint density at radius 3 is 2.80 bits per heavy atom. The molecule has 1 aliphatic heterocycles. The van der Waals surface area contributed by atoms with Crippen LogP contribution in [0.15, 0.2) is 0 Å². The summed E-state index contributed by atoms with van der Waals surface area (Å²) in [5, 5.41) is 0. The van der Waals surface area contributed by atoms with Crippen molar-refractivity contribution < 1.29 is 4.79 Å². The lowest BCUT2D eigenvalue weighted by Crippen LogP contribution is -2.48. The van der Waals surface area contributed by atoms with Crippen molar-refractivity contribution in [2.24, 2.45) is 17.4 Å². The number of amides is 1. The van der Waals surface area contributed by atoms with Crippen LogP contribution in [-0.4, -0.2) is 36.0 Å². The summed E-state index contributed by atoms with van der Waals surface area (Å²) >= 11 is 0. The topological polar surface area (TPSA) is 72.3 Å². The number of fused-ring (bicyclic) bond motifs is 1. The number of primary amides is 1. The maximum atomic E-state index is 10.9. The van der Waals surface area contributed by atoms with Gasteiger partial charge in [0.25, 0.3) is 0 Å². The predicted molar refractivity (Wildman–Crippen MR) is 59.1 cm³/mol. The Kier molecular flexibility index (Phi) is 3.26. The molecule has 3 atom stereocenters. The van der Waals surface area contributed by atoms with Gasteiger partial charge in [-0.2, -0.15) is 0 Å². The van der Waals surface area contributed by atoms with Gasteiger partial charge in [0, 0.05) is 12.6 Å². The molecule has 1 aliphatic carbocycles. The fourth-order valence-electron chi connectivity index (χ4n) is 3.07. The molecule has 2 aliphatic rings. The van der Waals surface area contributed by atoms with Gasteiger partial charge in [0.05, 0.1) is 6.04 Å². The third-order valence-corrected chi connectivity index (χ3v) is 3.92. The highest BCUT2D eigenvalue weighted by Crippen LogP contribution is 2.35. The maximum Gasteiger partial charge on any atom is 0.235 e. The first-order chi connectivity index (χ1) is 7.18. The van der Waals surface area contributed by atoms with Crippen molar-refractivity contribution in [3.05, 3.63) is 0 Å². The SMILES string of the molecule is NC(=O)C(N)CN1CCC2CCCCC21. The van der Waals surface area contributed by atoms with Crippen LogP contribution in [-0.2, 0) is 4.79 Å². The molecule has 0 aromatic carbocycles. The van der Waals surface area contributed by atoms with E-state index in [1.807, 2.05) is 0 Å². The van der Waals surface area contributed by atoms with Crippen LogP contribution in [0.25, 0.3) is 0 Å². The molecule has 1 heterocycles. The first-order valence-corrected chi connectivity index (χ1v) is 5.97. The number of hydrogen-bond donors (Lipinski definition) is 2. The van der Waals surface area contributed by atoms with Crippen LogP contribution in [0.1, 0.15) is 32.1 Å². The van der Waals surface area contributed by atoms with Gasteiger partial charge in [-0.3, -0.25) is 9.69 Å². The van der Waals surface area contributed by atoms with Crippen molar-refractivity contribution in [1.82, 2.24) is 4.90 Å². The first kappa shape index (κ1) is 10.9. The number of likely N-dealkylation sites (tertiary alicyclic amines) is 1. The summed E-state index contributed by atoms with van der Waals surface area (Å²) in [6, 6.07) is 0.176. The van der Waals surface area contributed by atoms with Gasteiger partial charge in [-0.1, -0.05) is 12.8 Å². The molecule has 0 radical (unpaired) electrons. The second kappa shape index (κ2) is 4.49. The lowest BCUT2D eigenvalue weighted by atomic mass is 9.85. The smallest absolute Gasteiger partial charge is 0.235 e. The number of nitrogens with zero attached hydrogens (tertiary/aromatic N) is 1. The minimum absolute atomic E-state index is 0.380. The summed E-state index contributed by atoms with van der Waals surface area (Å²) in [5.74, 6) is 0.466. The number of hydrogen-bond acceptors (Lipinski definition) is 3. The Labute approximate surface area is 91.0 Å². The fourth-order valence-corrected chi connectivity index (χ4v) is 3.07. The number of rotatable bonds is 3. The molecule has 0 aromatic rings. The molecule has 2 fully saturated rings. The van der Waals surface area contributed by atoms with Crippen molar-refractivity contribution in [1.29, 1.82) is 0 Å². The van der Waals surface area contributed by atoms with Crippen molar-refractivity contribution in [3.63, 3.8) is 0 Å². The first-order valence-electron chi connectivity index (χ1n) is 5.97. The van der Waals surface area contributed by atoms with E-state index in [2.05, 4.69) is 4.90 Å². The summed E-state index contributed by atoms with van der Waals surface area (Å²) in [6.45, 7) is 1.74. The predicted octanol–water partition coefficient (Wildman–Crippen LogP) is 0.0635. The lowest BCUT2D eigenvalue weighted by molar-refractivity contribution is -0.119. The maximum absolute atomic E-state index is 10.9. The van der Waals surface area contributed by atoms with E-state index in [4.69, 9.17) is 11.5 Å². The highest BCUT2D eigenvalue weighted by molar-refractivity contribution is 5.79. The fraction of sp³-hybridized carbons (Fsp3) is 0.909. The van der Waals surface area contributed by atoms with Gasteiger partial charge < -0.3 is 11.5 Å². The van der Waals surface area contributed by atoms with Crippen LogP contribution < -0.4 is 11.5 Å². The molecule has 0 aromatic heterocycles. The molecule has 1 saturated carbocycles. The van der Waals surface area contributed by atoms with E-state index >= 15 is 0 Å². The molecular formula is C11H21N3O. The highest BCUT2D eigenvalue weighted by atomic mass is 16.1. The highest BCUT2D eigenvalue weighted by Gasteiger charge is 2.36. The van der Waals surface area contributed by atoms with Crippen molar-refractivity contribution >= 4 is 5.91 Å². The lowest BCUT2D eigenvalue weighted by Gasteiger charge is -2.32. The molecular weight excluding hydrogens is 190 g/mol. The molecule has 1 amide bonds. The van der Waals surface area contributed by atoms with Crippen LogP contribution >= 0.6 is 0 Å². The molecule has 1 saturated heterocycles. The zero-order valence-corrected chi connectivity index (χ0v) is 9.19. The summed E-state index contributed by atoms with van der Waals surface area (Å²) in [4.78, 5) is 13.3. The summed E-state index contributed by atoms with van der Waals surface area (Å²) in [7, 11) is 0. The normalized spacial score (nSPS) is 33.7. The van der Waals surface area contributed by atoms with Crippen LogP contribution in [0.3, 0.4) is 0 Å². The monoisotopic (exact) mass is 211 g/mol. The molecule has 0 bridgehead atoms. The third-order valence-electron chi connectivity index (χ3n) is 3.92. The number of carbonyl (C=O) groups excluding carboxylic acids is 1. The number of carbonyl (C=O) groups is 1. The Hall–Kier alpha value is -0.610. The van der Waals surface area contributed by atoms with Crippen LogP contribution in [0.2, 0.25) is 0 Å². The van der Waals surface area contributed by atoms with Gasteiger partial charge in [-0.25, -0.2) is 0 Å². The summed E-state index contributed by atoms with van der Waals surface area (Å²) in [5.41, 5.74) is 10.9. The summed E-state index contributed by atoms with van der Waals surface area (Å²) < 4.78 is 0. The Balaban J connectivity index is 1.90. The average Bonchev–Trinajstić information content (AvgIpc) is 2.62. The molecule has 4 nitrogen and oxygen atoms in total. The van der Waals surface area contributed by atoms with E-state index in [1.54, 1.807) is 0 Å². The van der Waals surface area contributed by atoms with Crippen molar-refractivity contribution in [2.45, 2.75) is 44.2 Å². The van der Waals surface area contributed by atoms with Crippen molar-refractivity contribution in [3.8, 4) is 0 Å². The molecule has 0 spiro atoms. The summed E-state index contributed by atoms with van der Waals surface area (Å²) in [6.07, 6.45) is 6.60. The molecule has 3 unspecified atom stereocenters. The van der Waals surface area contributed by atoms with Crippen molar-refractivity contribution in [2.75, 3.05) is 13.1 Å². The second-order valence-electron chi connectivity index (χ2n) is 4.90. The van der Waals surface area contributed by atoms with E-state index in [9.17, 15) is 4.79 Å². The Bertz CT molecular complexity index is 244. The zero-order chi connectivity index (χ0) is 10.8. The standard InChI is InChI=1S/C11H21N3O/c12-9(11(13)15)7-14-6-5-8-3-1-2-4-10(8)14/h8-10H,1-7,12H2,(H2,13,15). The van der Waals surface area contributed by atoms with Crippen LogP contribution in [0.5, 0.6) is 0 Å². The van der Waals surface area contributed by atoms with E-state index in [1.165, 1.54) is 32.1 Å².